The Morgan fingerprint density at radius 2 is 1.78 bits per heavy atom. The van der Waals surface area contributed by atoms with Crippen LogP contribution in [0.25, 0.3) is 0 Å². The van der Waals surface area contributed by atoms with E-state index in [2.05, 4.69) is 13.2 Å². The van der Waals surface area contributed by atoms with Crippen LogP contribution in [0, 0.1) is 0 Å². The Labute approximate surface area is 55.5 Å². The van der Waals surface area contributed by atoms with Crippen molar-refractivity contribution in [1.82, 2.24) is 0 Å². The summed E-state index contributed by atoms with van der Waals surface area (Å²) < 4.78 is 0. The molecule has 0 aromatic carbocycles. The Kier molecular flexibility index (Phi) is 12.1. The molecule has 2 heteroatoms. The van der Waals surface area contributed by atoms with Gasteiger partial charge in [-0.05, 0) is 6.42 Å². The van der Waals surface area contributed by atoms with Gasteiger partial charge in [0, 0.05) is 6.92 Å². The van der Waals surface area contributed by atoms with Crippen molar-refractivity contribution in [1.29, 1.82) is 0 Å². The first kappa shape index (κ1) is 10.8. The van der Waals surface area contributed by atoms with Gasteiger partial charge in [-0.2, -0.15) is 0 Å². The third-order valence-corrected chi connectivity index (χ3v) is 0.333. The summed E-state index contributed by atoms with van der Waals surface area (Å²) >= 11 is 0. The van der Waals surface area contributed by atoms with Crippen molar-refractivity contribution in [2.45, 2.75) is 13.3 Å². The predicted molar refractivity (Wildman–Crippen MR) is 38.3 cm³/mol. The lowest BCUT2D eigenvalue weighted by molar-refractivity contribution is -0.134. The number of rotatable bonds is 2. The van der Waals surface area contributed by atoms with Gasteiger partial charge in [0.25, 0.3) is 5.97 Å². The van der Waals surface area contributed by atoms with Crippen LogP contribution in [0.15, 0.2) is 25.3 Å². The number of aliphatic carboxylic acids is 1. The first-order valence-electron chi connectivity index (χ1n) is 2.56. The lowest BCUT2D eigenvalue weighted by Crippen LogP contribution is -1.78. The van der Waals surface area contributed by atoms with Crippen LogP contribution in [0.1, 0.15) is 13.3 Å². The van der Waals surface area contributed by atoms with Gasteiger partial charge in [0.1, 0.15) is 0 Å². The second-order valence-electron chi connectivity index (χ2n) is 1.33. The smallest absolute Gasteiger partial charge is 0.300 e. The molecule has 0 aromatic heterocycles. The van der Waals surface area contributed by atoms with E-state index in [1.807, 2.05) is 12.2 Å². The van der Waals surface area contributed by atoms with E-state index in [0.717, 1.165) is 13.3 Å². The Balaban J connectivity index is 0. The normalized spacial score (nSPS) is 6.33. The van der Waals surface area contributed by atoms with E-state index >= 15 is 0 Å². The van der Waals surface area contributed by atoms with Crippen LogP contribution in [0.5, 0.6) is 0 Å². The molecule has 0 rings (SSSR count). The molecule has 0 saturated carbocycles. The largest absolute Gasteiger partial charge is 0.481 e. The minimum atomic E-state index is -0.833. The summed E-state index contributed by atoms with van der Waals surface area (Å²) in [5.41, 5.74) is 0. The van der Waals surface area contributed by atoms with Gasteiger partial charge in [-0.25, -0.2) is 0 Å². The Hall–Kier alpha value is -1.05. The minimum absolute atomic E-state index is 0.833. The van der Waals surface area contributed by atoms with Crippen LogP contribution in [0.3, 0.4) is 0 Å². The minimum Gasteiger partial charge on any atom is -0.481 e. The maximum absolute atomic E-state index is 9.00. The highest BCUT2D eigenvalue weighted by molar-refractivity contribution is 5.62. The molecule has 0 aliphatic carbocycles. The van der Waals surface area contributed by atoms with E-state index in [9.17, 15) is 0 Å². The van der Waals surface area contributed by atoms with Crippen molar-refractivity contribution in [2.75, 3.05) is 0 Å². The third kappa shape index (κ3) is 189. The zero-order valence-electron chi connectivity index (χ0n) is 5.63. The molecule has 9 heavy (non-hydrogen) atoms. The topological polar surface area (TPSA) is 37.3 Å². The fraction of sp³-hybridized carbons (Fsp3) is 0.286. The SMILES string of the molecule is C=CCC=C.CC(=O)O. The van der Waals surface area contributed by atoms with E-state index in [1.54, 1.807) is 0 Å². The molecule has 0 atom stereocenters. The van der Waals surface area contributed by atoms with E-state index < -0.39 is 5.97 Å². The van der Waals surface area contributed by atoms with Crippen molar-refractivity contribution >= 4 is 5.97 Å². The monoisotopic (exact) mass is 128 g/mol. The zero-order valence-corrected chi connectivity index (χ0v) is 5.63. The summed E-state index contributed by atoms with van der Waals surface area (Å²) in [5, 5.41) is 7.42. The average Bonchev–Trinajstić information content (AvgIpc) is 1.66. The highest BCUT2D eigenvalue weighted by Gasteiger charge is 1.65. The number of allylic oxidation sites excluding steroid dienone is 2. The molecule has 0 unspecified atom stereocenters. The summed E-state index contributed by atoms with van der Waals surface area (Å²) in [5.74, 6) is -0.833. The lowest BCUT2D eigenvalue weighted by atomic mass is 10.4. The van der Waals surface area contributed by atoms with Crippen molar-refractivity contribution < 1.29 is 9.90 Å². The highest BCUT2D eigenvalue weighted by atomic mass is 16.4. The predicted octanol–water partition coefficient (Wildman–Crippen LogP) is 1.84. The van der Waals surface area contributed by atoms with E-state index in [-0.39, 0.29) is 0 Å². The summed E-state index contributed by atoms with van der Waals surface area (Å²) in [6.45, 7) is 8.04. The van der Waals surface area contributed by atoms with Gasteiger partial charge in [-0.1, -0.05) is 12.2 Å². The lowest BCUT2D eigenvalue weighted by Gasteiger charge is -1.64. The van der Waals surface area contributed by atoms with Crippen molar-refractivity contribution in [3.63, 3.8) is 0 Å². The maximum Gasteiger partial charge on any atom is 0.300 e. The van der Waals surface area contributed by atoms with E-state index in [4.69, 9.17) is 9.90 Å². The van der Waals surface area contributed by atoms with Gasteiger partial charge < -0.3 is 5.11 Å². The van der Waals surface area contributed by atoms with Crippen LogP contribution in [0.2, 0.25) is 0 Å². The molecule has 0 aliphatic rings. The quantitative estimate of drug-likeness (QED) is 0.576. The van der Waals surface area contributed by atoms with E-state index in [1.165, 1.54) is 0 Å². The van der Waals surface area contributed by atoms with Crippen LogP contribution in [-0.4, -0.2) is 11.1 Å². The Bertz CT molecular complexity index is 85.1. The van der Waals surface area contributed by atoms with E-state index in [0.29, 0.717) is 0 Å². The number of hydrogen-bond acceptors (Lipinski definition) is 1. The zero-order chi connectivity index (χ0) is 7.70. The number of carbonyl (C=O) groups is 1. The number of carboxylic acids is 1. The second kappa shape index (κ2) is 10.0. The fourth-order valence-corrected chi connectivity index (χ4v) is 0.118. The molecule has 2 nitrogen and oxygen atoms in total. The third-order valence-electron chi connectivity index (χ3n) is 0.333. The van der Waals surface area contributed by atoms with Crippen LogP contribution < -0.4 is 0 Å². The van der Waals surface area contributed by atoms with Gasteiger partial charge >= 0.3 is 0 Å². The van der Waals surface area contributed by atoms with Gasteiger partial charge in [0.05, 0.1) is 0 Å². The van der Waals surface area contributed by atoms with Gasteiger partial charge in [0.2, 0.25) is 0 Å². The molecule has 0 amide bonds. The Morgan fingerprint density at radius 3 is 1.78 bits per heavy atom. The standard InChI is InChI=1S/C5H8.C2H4O2/c1-3-5-4-2;1-2(3)4/h3-4H,1-2,5H2;1H3,(H,3,4). The molecular weight excluding hydrogens is 116 g/mol. The van der Waals surface area contributed by atoms with Gasteiger partial charge in [0.15, 0.2) is 0 Å². The van der Waals surface area contributed by atoms with Crippen molar-refractivity contribution in [3.8, 4) is 0 Å². The second-order valence-corrected chi connectivity index (χ2v) is 1.33. The average molecular weight is 128 g/mol. The van der Waals surface area contributed by atoms with Crippen molar-refractivity contribution in [3.05, 3.63) is 25.3 Å². The summed E-state index contributed by atoms with van der Waals surface area (Å²) in [6.07, 6.45) is 4.54. The van der Waals surface area contributed by atoms with Crippen LogP contribution in [-0.2, 0) is 4.79 Å². The van der Waals surface area contributed by atoms with Crippen LogP contribution in [0.4, 0.5) is 0 Å². The molecule has 0 fully saturated rings. The molecule has 0 aromatic rings. The number of hydrogen-bond donors (Lipinski definition) is 1. The van der Waals surface area contributed by atoms with Crippen molar-refractivity contribution in [2.24, 2.45) is 0 Å². The van der Waals surface area contributed by atoms with Gasteiger partial charge in [-0.3, -0.25) is 4.79 Å². The Morgan fingerprint density at radius 1 is 1.56 bits per heavy atom. The molecule has 0 saturated heterocycles. The summed E-state index contributed by atoms with van der Waals surface area (Å²) in [4.78, 5) is 9.00. The summed E-state index contributed by atoms with van der Waals surface area (Å²) in [6, 6.07) is 0. The fourth-order valence-electron chi connectivity index (χ4n) is 0.118. The molecular formula is C7H12O2. The molecule has 0 aliphatic heterocycles. The summed E-state index contributed by atoms with van der Waals surface area (Å²) in [7, 11) is 0. The molecule has 52 valence electrons. The molecule has 0 radical (unpaired) electrons. The van der Waals surface area contributed by atoms with Gasteiger partial charge in [-0.15, -0.1) is 13.2 Å². The first-order valence-corrected chi connectivity index (χ1v) is 2.56. The molecule has 1 N–H and O–H groups in total. The highest BCUT2D eigenvalue weighted by Crippen LogP contribution is 1.73. The molecule has 0 heterocycles. The maximum atomic E-state index is 9.00. The first-order chi connectivity index (χ1) is 4.15. The molecule has 0 bridgehead atoms. The molecule has 0 spiro atoms. The number of carboxylic acid groups (broad SMARTS) is 1. The van der Waals surface area contributed by atoms with Crippen LogP contribution >= 0.6 is 0 Å².